The molecule has 1 atom stereocenters. The van der Waals surface area contributed by atoms with Crippen molar-refractivity contribution in [1.82, 2.24) is 4.98 Å². The summed E-state index contributed by atoms with van der Waals surface area (Å²) in [4.78, 5) is 4.33. The maximum Gasteiger partial charge on any atom is 0.0724 e. The van der Waals surface area contributed by atoms with Gasteiger partial charge in [0.05, 0.1) is 16.9 Å². The summed E-state index contributed by atoms with van der Waals surface area (Å²) in [5.41, 5.74) is 11.9. The highest BCUT2D eigenvalue weighted by Crippen LogP contribution is 2.35. The van der Waals surface area contributed by atoms with E-state index in [9.17, 15) is 0 Å². The molecular weight excluding hydrogens is 258 g/mol. The van der Waals surface area contributed by atoms with Crippen LogP contribution >= 0.6 is 0 Å². The summed E-state index contributed by atoms with van der Waals surface area (Å²) >= 11 is 0. The van der Waals surface area contributed by atoms with Crippen LogP contribution in [0.3, 0.4) is 0 Å². The van der Waals surface area contributed by atoms with Crippen molar-refractivity contribution in [2.24, 2.45) is 0 Å². The SMILES string of the molecule is Nc1c(NCC2Cc3ccccc32)ccc2ncccc12. The Kier molecular flexibility index (Phi) is 2.78. The highest BCUT2D eigenvalue weighted by Gasteiger charge is 2.25. The highest BCUT2D eigenvalue weighted by atomic mass is 14.9. The quantitative estimate of drug-likeness (QED) is 0.718. The Bertz CT molecular complexity index is 810. The van der Waals surface area contributed by atoms with Gasteiger partial charge in [-0.1, -0.05) is 24.3 Å². The topological polar surface area (TPSA) is 50.9 Å². The molecule has 1 aliphatic rings. The van der Waals surface area contributed by atoms with Gasteiger partial charge in [0.2, 0.25) is 0 Å². The summed E-state index contributed by atoms with van der Waals surface area (Å²) in [7, 11) is 0. The minimum atomic E-state index is 0.588. The summed E-state index contributed by atoms with van der Waals surface area (Å²) in [5.74, 6) is 0.588. The van der Waals surface area contributed by atoms with Gasteiger partial charge < -0.3 is 11.1 Å². The lowest BCUT2D eigenvalue weighted by atomic mass is 9.77. The van der Waals surface area contributed by atoms with Crippen molar-refractivity contribution in [3.63, 3.8) is 0 Å². The van der Waals surface area contributed by atoms with Gasteiger partial charge in [0, 0.05) is 24.0 Å². The molecule has 0 saturated heterocycles. The number of hydrogen-bond donors (Lipinski definition) is 2. The fourth-order valence-corrected chi connectivity index (χ4v) is 3.11. The number of anilines is 2. The molecule has 0 saturated carbocycles. The Hall–Kier alpha value is -2.55. The second-order valence-corrected chi connectivity index (χ2v) is 5.58. The molecule has 21 heavy (non-hydrogen) atoms. The van der Waals surface area contributed by atoms with Crippen LogP contribution in [0.1, 0.15) is 17.0 Å². The lowest BCUT2D eigenvalue weighted by Gasteiger charge is -2.30. The fraction of sp³-hybridized carbons (Fsp3) is 0.167. The van der Waals surface area contributed by atoms with Crippen LogP contribution in [0.2, 0.25) is 0 Å². The maximum atomic E-state index is 6.26. The zero-order valence-corrected chi connectivity index (χ0v) is 11.7. The molecule has 0 aliphatic heterocycles. The number of nitrogens with zero attached hydrogens (tertiary/aromatic N) is 1. The highest BCUT2D eigenvalue weighted by molar-refractivity contribution is 5.96. The van der Waals surface area contributed by atoms with Crippen LogP contribution in [0.5, 0.6) is 0 Å². The molecule has 0 radical (unpaired) electrons. The van der Waals surface area contributed by atoms with Gasteiger partial charge in [0.25, 0.3) is 0 Å². The predicted octanol–water partition coefficient (Wildman–Crippen LogP) is 3.57. The molecule has 4 rings (SSSR count). The molecule has 3 N–H and O–H groups in total. The molecule has 0 bridgehead atoms. The standard InChI is InChI=1S/C18H17N3/c19-18-15-6-3-9-20-16(15)7-8-17(18)21-11-13-10-12-4-1-2-5-14(12)13/h1-9,13,21H,10-11,19H2. The second kappa shape index (κ2) is 4.77. The number of rotatable bonds is 3. The number of pyridine rings is 1. The van der Waals surface area contributed by atoms with Crippen LogP contribution in [0.25, 0.3) is 10.9 Å². The second-order valence-electron chi connectivity index (χ2n) is 5.58. The number of hydrogen-bond acceptors (Lipinski definition) is 3. The first-order valence-corrected chi connectivity index (χ1v) is 7.28. The average molecular weight is 275 g/mol. The van der Waals surface area contributed by atoms with Crippen LogP contribution in [0, 0.1) is 0 Å². The zero-order valence-electron chi connectivity index (χ0n) is 11.7. The molecule has 3 nitrogen and oxygen atoms in total. The van der Waals surface area contributed by atoms with Crippen LogP contribution < -0.4 is 11.1 Å². The van der Waals surface area contributed by atoms with E-state index in [0.29, 0.717) is 5.92 Å². The molecule has 1 unspecified atom stereocenters. The van der Waals surface area contributed by atoms with Crippen molar-refractivity contribution in [1.29, 1.82) is 0 Å². The number of fused-ring (bicyclic) bond motifs is 2. The van der Waals surface area contributed by atoms with E-state index in [1.165, 1.54) is 11.1 Å². The number of nitrogen functional groups attached to an aromatic ring is 1. The molecule has 104 valence electrons. The van der Waals surface area contributed by atoms with Crippen molar-refractivity contribution >= 4 is 22.3 Å². The summed E-state index contributed by atoms with van der Waals surface area (Å²) in [6, 6.07) is 16.6. The third-order valence-electron chi connectivity index (χ3n) is 4.33. The van der Waals surface area contributed by atoms with E-state index in [1.807, 2.05) is 24.3 Å². The van der Waals surface area contributed by atoms with Crippen molar-refractivity contribution in [3.8, 4) is 0 Å². The first-order chi connectivity index (χ1) is 10.3. The molecule has 0 fully saturated rings. The van der Waals surface area contributed by atoms with Crippen molar-refractivity contribution in [2.75, 3.05) is 17.6 Å². The fourth-order valence-electron chi connectivity index (χ4n) is 3.11. The van der Waals surface area contributed by atoms with Crippen LogP contribution in [0.4, 0.5) is 11.4 Å². The summed E-state index contributed by atoms with van der Waals surface area (Å²) in [5, 5.41) is 4.51. The first kappa shape index (κ1) is 12.2. The van der Waals surface area contributed by atoms with Gasteiger partial charge in [-0.2, -0.15) is 0 Å². The van der Waals surface area contributed by atoms with Crippen molar-refractivity contribution in [3.05, 3.63) is 65.9 Å². The molecule has 0 spiro atoms. The molecule has 0 amide bonds. The van der Waals surface area contributed by atoms with Gasteiger partial charge in [0.15, 0.2) is 0 Å². The van der Waals surface area contributed by atoms with Gasteiger partial charge >= 0.3 is 0 Å². The monoisotopic (exact) mass is 275 g/mol. The minimum absolute atomic E-state index is 0.588. The molecule has 3 aromatic rings. The molecule has 2 aromatic carbocycles. The summed E-state index contributed by atoms with van der Waals surface area (Å²) in [6.45, 7) is 0.924. The van der Waals surface area contributed by atoms with Gasteiger partial charge in [-0.05, 0) is 41.8 Å². The smallest absolute Gasteiger partial charge is 0.0724 e. The Labute approximate surface area is 123 Å². The third-order valence-corrected chi connectivity index (χ3v) is 4.33. The van der Waals surface area contributed by atoms with E-state index in [4.69, 9.17) is 5.73 Å². The zero-order chi connectivity index (χ0) is 14.2. The third kappa shape index (κ3) is 2.02. The molecule has 1 aromatic heterocycles. The van der Waals surface area contributed by atoms with Crippen LogP contribution in [-0.4, -0.2) is 11.5 Å². The largest absolute Gasteiger partial charge is 0.397 e. The van der Waals surface area contributed by atoms with E-state index in [-0.39, 0.29) is 0 Å². The predicted molar refractivity (Wildman–Crippen MR) is 87.5 cm³/mol. The molecule has 3 heteroatoms. The number of benzene rings is 2. The summed E-state index contributed by atoms with van der Waals surface area (Å²) in [6.07, 6.45) is 2.94. The van der Waals surface area contributed by atoms with Crippen molar-refractivity contribution < 1.29 is 0 Å². The van der Waals surface area contributed by atoms with E-state index < -0.39 is 0 Å². The Balaban J connectivity index is 1.55. The van der Waals surface area contributed by atoms with Gasteiger partial charge in [0.1, 0.15) is 0 Å². The number of nitrogens with one attached hydrogen (secondary N) is 1. The normalized spacial score (nSPS) is 16.3. The lowest BCUT2D eigenvalue weighted by molar-refractivity contribution is 0.636. The van der Waals surface area contributed by atoms with E-state index >= 15 is 0 Å². The van der Waals surface area contributed by atoms with E-state index in [1.54, 1.807) is 6.20 Å². The number of nitrogens with two attached hydrogens (primary N) is 1. The Morgan fingerprint density at radius 2 is 2.00 bits per heavy atom. The Morgan fingerprint density at radius 1 is 1.10 bits per heavy atom. The first-order valence-electron chi connectivity index (χ1n) is 7.28. The van der Waals surface area contributed by atoms with Crippen LogP contribution in [0.15, 0.2) is 54.7 Å². The van der Waals surface area contributed by atoms with Crippen LogP contribution in [-0.2, 0) is 6.42 Å². The minimum Gasteiger partial charge on any atom is -0.397 e. The van der Waals surface area contributed by atoms with Gasteiger partial charge in [-0.15, -0.1) is 0 Å². The van der Waals surface area contributed by atoms with Gasteiger partial charge in [-0.3, -0.25) is 4.98 Å². The maximum absolute atomic E-state index is 6.26. The average Bonchev–Trinajstić information content (AvgIpc) is 2.50. The van der Waals surface area contributed by atoms with E-state index in [0.717, 1.165) is 35.2 Å². The summed E-state index contributed by atoms with van der Waals surface area (Å²) < 4.78 is 0. The number of aromatic nitrogens is 1. The molecule has 1 heterocycles. The molecular formula is C18H17N3. The Morgan fingerprint density at radius 3 is 2.90 bits per heavy atom. The molecule has 1 aliphatic carbocycles. The lowest BCUT2D eigenvalue weighted by Crippen LogP contribution is -2.24. The van der Waals surface area contributed by atoms with E-state index in [2.05, 4.69) is 34.6 Å². The van der Waals surface area contributed by atoms with Crippen molar-refractivity contribution in [2.45, 2.75) is 12.3 Å². The van der Waals surface area contributed by atoms with Gasteiger partial charge in [-0.25, -0.2) is 0 Å².